The highest BCUT2D eigenvalue weighted by atomic mass is 16.5. The van der Waals surface area contributed by atoms with Crippen LogP contribution in [0.3, 0.4) is 0 Å². The summed E-state index contributed by atoms with van der Waals surface area (Å²) in [5.41, 5.74) is 5.91. The van der Waals surface area contributed by atoms with Gasteiger partial charge in [0, 0.05) is 45.2 Å². The van der Waals surface area contributed by atoms with E-state index in [4.69, 9.17) is 10.5 Å². The van der Waals surface area contributed by atoms with E-state index in [-0.39, 0.29) is 6.04 Å². The summed E-state index contributed by atoms with van der Waals surface area (Å²) >= 11 is 0. The molecule has 22 heavy (non-hydrogen) atoms. The molecular formula is C15H26N6O. The molecule has 0 saturated carbocycles. The maximum absolute atomic E-state index is 5.91. The molecule has 3 N–H and O–H groups in total. The second kappa shape index (κ2) is 8.53. The van der Waals surface area contributed by atoms with Crippen LogP contribution in [0, 0.1) is 5.92 Å². The summed E-state index contributed by atoms with van der Waals surface area (Å²) in [7, 11) is 1.67. The summed E-state index contributed by atoms with van der Waals surface area (Å²) in [6.07, 6.45) is 5.85. The first-order valence-corrected chi connectivity index (χ1v) is 7.76. The number of aliphatic imine (C=N–C) groups is 1. The number of aromatic nitrogens is 2. The van der Waals surface area contributed by atoms with Crippen LogP contribution in [-0.4, -0.2) is 55.3 Å². The summed E-state index contributed by atoms with van der Waals surface area (Å²) in [6, 6.07) is 2.00. The Morgan fingerprint density at radius 3 is 3.05 bits per heavy atom. The van der Waals surface area contributed by atoms with E-state index in [1.807, 2.05) is 13.0 Å². The lowest BCUT2D eigenvalue weighted by Crippen LogP contribution is -2.42. The first kappa shape index (κ1) is 16.5. The average Bonchev–Trinajstić information content (AvgIpc) is 2.54. The van der Waals surface area contributed by atoms with Gasteiger partial charge in [-0.2, -0.15) is 0 Å². The van der Waals surface area contributed by atoms with Crippen LogP contribution < -0.4 is 16.0 Å². The van der Waals surface area contributed by atoms with E-state index in [0.29, 0.717) is 18.5 Å². The Kier molecular flexibility index (Phi) is 6.39. The number of nitrogens with two attached hydrogens (primary N) is 1. The summed E-state index contributed by atoms with van der Waals surface area (Å²) in [6.45, 7) is 5.28. The highest BCUT2D eigenvalue weighted by Crippen LogP contribution is 2.20. The Labute approximate surface area is 132 Å². The lowest BCUT2D eigenvalue weighted by molar-refractivity contribution is 0.179. The van der Waals surface area contributed by atoms with Crippen molar-refractivity contribution >= 4 is 11.9 Å². The van der Waals surface area contributed by atoms with Gasteiger partial charge in [-0.3, -0.25) is 4.99 Å². The zero-order valence-corrected chi connectivity index (χ0v) is 13.4. The maximum Gasteiger partial charge on any atom is 0.225 e. The van der Waals surface area contributed by atoms with E-state index >= 15 is 0 Å². The van der Waals surface area contributed by atoms with Crippen LogP contribution in [0.25, 0.3) is 0 Å². The van der Waals surface area contributed by atoms with E-state index in [9.17, 15) is 0 Å². The number of rotatable bonds is 6. The molecule has 2 rings (SSSR count). The summed E-state index contributed by atoms with van der Waals surface area (Å²) < 4.78 is 5.07. The quantitative estimate of drug-likeness (QED) is 0.592. The number of nitrogens with zero attached hydrogens (tertiary/aromatic N) is 4. The Morgan fingerprint density at radius 2 is 2.32 bits per heavy atom. The van der Waals surface area contributed by atoms with Crippen LogP contribution in [0.4, 0.5) is 5.95 Å². The highest BCUT2D eigenvalue weighted by Gasteiger charge is 2.21. The van der Waals surface area contributed by atoms with Gasteiger partial charge in [0.2, 0.25) is 5.95 Å². The van der Waals surface area contributed by atoms with Crippen molar-refractivity contribution in [2.24, 2.45) is 16.6 Å². The molecule has 2 unspecified atom stereocenters. The molecule has 0 radical (unpaired) electrons. The number of hydrogen-bond acceptors (Lipinski definition) is 5. The van der Waals surface area contributed by atoms with Crippen LogP contribution in [-0.2, 0) is 4.74 Å². The van der Waals surface area contributed by atoms with Crippen molar-refractivity contribution < 1.29 is 4.74 Å². The normalized spacial score (nSPS) is 20.7. The molecule has 7 nitrogen and oxygen atoms in total. The zero-order chi connectivity index (χ0) is 15.8. The van der Waals surface area contributed by atoms with E-state index in [2.05, 4.69) is 25.2 Å². The molecule has 1 aromatic heterocycles. The smallest absolute Gasteiger partial charge is 0.225 e. The van der Waals surface area contributed by atoms with Gasteiger partial charge in [0.15, 0.2) is 5.96 Å². The highest BCUT2D eigenvalue weighted by molar-refractivity contribution is 5.78. The van der Waals surface area contributed by atoms with Gasteiger partial charge in [-0.15, -0.1) is 0 Å². The Hall–Kier alpha value is -1.89. The van der Waals surface area contributed by atoms with Gasteiger partial charge < -0.3 is 20.7 Å². The summed E-state index contributed by atoms with van der Waals surface area (Å²) in [5, 5.41) is 3.13. The predicted octanol–water partition coefficient (Wildman–Crippen LogP) is 0.632. The monoisotopic (exact) mass is 306 g/mol. The fourth-order valence-electron chi connectivity index (χ4n) is 2.67. The first-order chi connectivity index (χ1) is 10.7. The number of ether oxygens (including phenoxy) is 1. The number of piperidine rings is 1. The van der Waals surface area contributed by atoms with Crippen molar-refractivity contribution in [2.45, 2.75) is 25.8 Å². The molecule has 2 heterocycles. The van der Waals surface area contributed by atoms with E-state index in [1.54, 1.807) is 19.5 Å². The van der Waals surface area contributed by atoms with Gasteiger partial charge in [0.05, 0.1) is 6.61 Å². The van der Waals surface area contributed by atoms with Crippen molar-refractivity contribution in [2.75, 3.05) is 38.3 Å². The molecular weight excluding hydrogens is 280 g/mol. The number of nitrogens with one attached hydrogen (secondary N) is 1. The van der Waals surface area contributed by atoms with Crippen LogP contribution in [0.5, 0.6) is 0 Å². The van der Waals surface area contributed by atoms with Crippen LogP contribution in [0.15, 0.2) is 23.5 Å². The SMILES string of the molecule is COCC(C)NC(N)=NCC1CCCN(c2ncccn2)C1. The number of guanidine groups is 1. The van der Waals surface area contributed by atoms with E-state index in [1.165, 1.54) is 0 Å². The molecule has 1 fully saturated rings. The summed E-state index contributed by atoms with van der Waals surface area (Å²) in [4.78, 5) is 15.3. The average molecular weight is 306 g/mol. The van der Waals surface area contributed by atoms with Crippen molar-refractivity contribution in [3.63, 3.8) is 0 Å². The van der Waals surface area contributed by atoms with Crippen LogP contribution in [0.1, 0.15) is 19.8 Å². The molecule has 122 valence electrons. The fourth-order valence-corrected chi connectivity index (χ4v) is 2.67. The van der Waals surface area contributed by atoms with Gasteiger partial charge in [-0.1, -0.05) is 0 Å². The van der Waals surface area contributed by atoms with E-state index in [0.717, 1.165) is 38.4 Å². The molecule has 1 saturated heterocycles. The standard InChI is InChI=1S/C15H26N6O/c1-12(11-22-2)20-14(16)19-9-13-5-3-8-21(10-13)15-17-6-4-7-18-15/h4,6-7,12-13H,3,5,8-11H2,1-2H3,(H3,16,19,20). The number of methoxy groups -OCH3 is 1. The van der Waals surface area contributed by atoms with Crippen molar-refractivity contribution in [1.29, 1.82) is 0 Å². The molecule has 1 aromatic rings. The van der Waals surface area contributed by atoms with Gasteiger partial charge in [0.25, 0.3) is 0 Å². The first-order valence-electron chi connectivity index (χ1n) is 7.76. The van der Waals surface area contributed by atoms with Gasteiger partial charge in [-0.25, -0.2) is 9.97 Å². The van der Waals surface area contributed by atoms with Crippen LogP contribution in [0.2, 0.25) is 0 Å². The number of hydrogen-bond donors (Lipinski definition) is 2. The van der Waals surface area contributed by atoms with Crippen molar-refractivity contribution in [3.8, 4) is 0 Å². The molecule has 0 spiro atoms. The minimum absolute atomic E-state index is 0.161. The predicted molar refractivity (Wildman–Crippen MR) is 87.9 cm³/mol. The minimum atomic E-state index is 0.161. The zero-order valence-electron chi connectivity index (χ0n) is 13.4. The lowest BCUT2D eigenvalue weighted by atomic mass is 9.98. The van der Waals surface area contributed by atoms with Crippen molar-refractivity contribution in [1.82, 2.24) is 15.3 Å². The maximum atomic E-state index is 5.91. The Bertz CT molecular complexity index is 466. The molecule has 2 atom stereocenters. The molecule has 1 aliphatic heterocycles. The third kappa shape index (κ3) is 5.14. The van der Waals surface area contributed by atoms with Gasteiger partial charge in [0.1, 0.15) is 0 Å². The molecule has 1 aliphatic rings. The fraction of sp³-hybridized carbons (Fsp3) is 0.667. The minimum Gasteiger partial charge on any atom is -0.383 e. The Balaban J connectivity index is 1.83. The van der Waals surface area contributed by atoms with Crippen LogP contribution >= 0.6 is 0 Å². The van der Waals surface area contributed by atoms with E-state index < -0.39 is 0 Å². The third-order valence-electron chi connectivity index (χ3n) is 3.68. The number of anilines is 1. The topological polar surface area (TPSA) is 88.7 Å². The molecule has 7 heteroatoms. The third-order valence-corrected chi connectivity index (χ3v) is 3.68. The molecule has 0 aliphatic carbocycles. The summed E-state index contributed by atoms with van der Waals surface area (Å²) in [5.74, 6) is 1.77. The molecule has 0 aromatic carbocycles. The van der Waals surface area contributed by atoms with Gasteiger partial charge in [-0.05, 0) is 31.7 Å². The second-order valence-corrected chi connectivity index (χ2v) is 5.73. The molecule has 0 amide bonds. The molecule has 0 bridgehead atoms. The van der Waals surface area contributed by atoms with Gasteiger partial charge >= 0.3 is 0 Å². The lowest BCUT2D eigenvalue weighted by Gasteiger charge is -2.32. The van der Waals surface area contributed by atoms with Crippen molar-refractivity contribution in [3.05, 3.63) is 18.5 Å². The largest absolute Gasteiger partial charge is 0.383 e. The Morgan fingerprint density at radius 1 is 1.55 bits per heavy atom. The second-order valence-electron chi connectivity index (χ2n) is 5.73.